The van der Waals surface area contributed by atoms with E-state index in [9.17, 15) is 12.8 Å². The third-order valence-corrected chi connectivity index (χ3v) is 6.51. The van der Waals surface area contributed by atoms with E-state index < -0.39 is 15.8 Å². The van der Waals surface area contributed by atoms with E-state index in [1.807, 2.05) is 0 Å². The minimum atomic E-state index is -4.08. The lowest BCUT2D eigenvalue weighted by molar-refractivity contribution is 0.402. The second-order valence-corrected chi connectivity index (χ2v) is 8.74. The number of benzene rings is 2. The molecule has 0 fully saturated rings. The molecule has 4 aromatic rings. The molecule has 0 spiro atoms. The van der Waals surface area contributed by atoms with Crippen LogP contribution >= 0.6 is 0 Å². The summed E-state index contributed by atoms with van der Waals surface area (Å²) >= 11 is 0. The van der Waals surface area contributed by atoms with Crippen molar-refractivity contribution in [3.05, 3.63) is 78.5 Å². The fourth-order valence-corrected chi connectivity index (χ4v) is 4.98. The third-order valence-electron chi connectivity index (χ3n) is 4.81. The number of hydrogen-bond donors (Lipinski definition) is 0. The lowest BCUT2D eigenvalue weighted by Crippen LogP contribution is -2.15. The molecule has 2 aromatic carbocycles. The van der Waals surface area contributed by atoms with Crippen molar-refractivity contribution in [2.45, 2.75) is 11.8 Å². The Labute approximate surface area is 174 Å². The summed E-state index contributed by atoms with van der Waals surface area (Å²) < 4.78 is 49.8. The van der Waals surface area contributed by atoms with Crippen LogP contribution in [-0.2, 0) is 17.1 Å². The maximum atomic E-state index is 14.4. The molecule has 0 aliphatic heterocycles. The van der Waals surface area contributed by atoms with E-state index >= 15 is 0 Å². The summed E-state index contributed by atoms with van der Waals surface area (Å²) in [5.74, 6) is -0.295. The summed E-state index contributed by atoms with van der Waals surface area (Å²) in [5, 5.41) is 4.14. The highest BCUT2D eigenvalue weighted by molar-refractivity contribution is 7.90. The minimum absolute atomic E-state index is 0.0143. The fourth-order valence-electron chi connectivity index (χ4n) is 3.37. The second kappa shape index (κ2) is 7.46. The zero-order valence-electron chi connectivity index (χ0n) is 16.7. The summed E-state index contributed by atoms with van der Waals surface area (Å²) in [4.78, 5) is -0.0143. The van der Waals surface area contributed by atoms with E-state index in [2.05, 4.69) is 5.10 Å². The average molecular weight is 425 g/mol. The molecule has 0 bridgehead atoms. The Kier molecular flexibility index (Phi) is 4.95. The van der Waals surface area contributed by atoms with Gasteiger partial charge in [-0.1, -0.05) is 18.2 Å². The van der Waals surface area contributed by atoms with Gasteiger partial charge in [0.25, 0.3) is 10.0 Å². The molecule has 0 unspecified atom stereocenters. The zero-order valence-corrected chi connectivity index (χ0v) is 17.5. The Morgan fingerprint density at radius 2 is 1.80 bits per heavy atom. The largest absolute Gasteiger partial charge is 0.495 e. The van der Waals surface area contributed by atoms with Crippen LogP contribution in [0.5, 0.6) is 5.75 Å². The highest BCUT2D eigenvalue weighted by Gasteiger charge is 2.26. The van der Waals surface area contributed by atoms with Crippen molar-refractivity contribution in [2.75, 3.05) is 7.11 Å². The number of nitrogens with zero attached hydrogens (tertiary/aromatic N) is 3. The molecule has 0 amide bonds. The number of methoxy groups -OCH3 is 1. The third kappa shape index (κ3) is 3.39. The van der Waals surface area contributed by atoms with Crippen molar-refractivity contribution >= 4 is 10.0 Å². The molecular formula is C22H20FN3O3S. The van der Waals surface area contributed by atoms with E-state index in [0.717, 1.165) is 9.54 Å². The molecule has 0 radical (unpaired) electrons. The second-order valence-electron chi connectivity index (χ2n) is 6.95. The van der Waals surface area contributed by atoms with Gasteiger partial charge in [-0.05, 0) is 48.4 Å². The standard InChI is InChI=1S/C22H20FN3O3S/c1-15-10-20(18-6-4-5-7-19(18)23)26(13-15)30(27,28)22-11-16(8-9-21(22)29-3)17-12-24-25(2)14-17/h4-14H,1-3H3. The van der Waals surface area contributed by atoms with Gasteiger partial charge in [-0.3, -0.25) is 4.68 Å². The molecular weight excluding hydrogens is 405 g/mol. The van der Waals surface area contributed by atoms with E-state index in [0.29, 0.717) is 11.1 Å². The van der Waals surface area contributed by atoms with Crippen molar-refractivity contribution in [3.63, 3.8) is 0 Å². The lowest BCUT2D eigenvalue weighted by atomic mass is 10.1. The van der Waals surface area contributed by atoms with Gasteiger partial charge >= 0.3 is 0 Å². The van der Waals surface area contributed by atoms with Gasteiger partial charge in [0.1, 0.15) is 16.5 Å². The Morgan fingerprint density at radius 1 is 1.03 bits per heavy atom. The lowest BCUT2D eigenvalue weighted by Gasteiger charge is -2.15. The first-order valence-corrected chi connectivity index (χ1v) is 10.6. The van der Waals surface area contributed by atoms with Crippen LogP contribution in [0.1, 0.15) is 5.56 Å². The van der Waals surface area contributed by atoms with Crippen LogP contribution in [0.15, 0.2) is 72.0 Å². The quantitative estimate of drug-likeness (QED) is 0.480. The highest BCUT2D eigenvalue weighted by atomic mass is 32.2. The van der Waals surface area contributed by atoms with Gasteiger partial charge in [0, 0.05) is 30.6 Å². The molecule has 2 aromatic heterocycles. The van der Waals surface area contributed by atoms with Crippen molar-refractivity contribution in [3.8, 4) is 28.1 Å². The number of aryl methyl sites for hydroxylation is 2. The first-order chi connectivity index (χ1) is 14.3. The van der Waals surface area contributed by atoms with Crippen LogP contribution in [0.2, 0.25) is 0 Å². The highest BCUT2D eigenvalue weighted by Crippen LogP contribution is 2.34. The molecule has 154 valence electrons. The number of rotatable bonds is 5. The molecule has 4 rings (SSSR count). The SMILES string of the molecule is COc1ccc(-c2cnn(C)c2)cc1S(=O)(=O)n1cc(C)cc1-c1ccccc1F. The maximum Gasteiger partial charge on any atom is 0.271 e. The molecule has 0 N–H and O–H groups in total. The Hall–Kier alpha value is -3.39. The van der Waals surface area contributed by atoms with Crippen molar-refractivity contribution in [1.29, 1.82) is 0 Å². The maximum absolute atomic E-state index is 14.4. The minimum Gasteiger partial charge on any atom is -0.495 e. The van der Waals surface area contributed by atoms with E-state index in [1.54, 1.807) is 73.5 Å². The van der Waals surface area contributed by atoms with Crippen LogP contribution in [0, 0.1) is 12.7 Å². The topological polar surface area (TPSA) is 66.1 Å². The van der Waals surface area contributed by atoms with Crippen molar-refractivity contribution in [2.24, 2.45) is 7.05 Å². The molecule has 6 nitrogen and oxygen atoms in total. The number of hydrogen-bond acceptors (Lipinski definition) is 4. The average Bonchev–Trinajstić information content (AvgIpc) is 3.34. The molecule has 2 heterocycles. The first kappa shape index (κ1) is 19.9. The molecule has 0 saturated carbocycles. The number of halogens is 1. The van der Waals surface area contributed by atoms with Gasteiger partial charge in [0.15, 0.2) is 0 Å². The van der Waals surface area contributed by atoms with Gasteiger partial charge in [-0.25, -0.2) is 16.8 Å². The summed E-state index contributed by atoms with van der Waals surface area (Å²) in [5.41, 5.74) is 2.60. The monoisotopic (exact) mass is 425 g/mol. The molecule has 0 aliphatic rings. The number of ether oxygens (including phenoxy) is 1. The summed E-state index contributed by atoms with van der Waals surface area (Å²) in [6.07, 6.45) is 4.93. The van der Waals surface area contributed by atoms with E-state index in [-0.39, 0.29) is 21.9 Å². The summed E-state index contributed by atoms with van der Waals surface area (Å²) in [7, 11) is -0.883. The first-order valence-electron chi connectivity index (χ1n) is 9.18. The van der Waals surface area contributed by atoms with Crippen LogP contribution in [0.25, 0.3) is 22.4 Å². The fraction of sp³-hybridized carbons (Fsp3) is 0.136. The van der Waals surface area contributed by atoms with Gasteiger partial charge < -0.3 is 4.74 Å². The normalized spacial score (nSPS) is 11.6. The molecule has 0 saturated heterocycles. The number of aromatic nitrogens is 3. The predicted octanol–water partition coefficient (Wildman–Crippen LogP) is 4.25. The Morgan fingerprint density at radius 3 is 2.47 bits per heavy atom. The van der Waals surface area contributed by atoms with E-state index in [4.69, 9.17) is 4.74 Å². The van der Waals surface area contributed by atoms with Crippen LogP contribution in [0.4, 0.5) is 4.39 Å². The van der Waals surface area contributed by atoms with Gasteiger partial charge in [-0.15, -0.1) is 0 Å². The van der Waals surface area contributed by atoms with Crippen LogP contribution in [-0.4, -0.2) is 29.3 Å². The smallest absolute Gasteiger partial charge is 0.271 e. The van der Waals surface area contributed by atoms with Gasteiger partial charge in [0.05, 0.1) is 19.0 Å². The van der Waals surface area contributed by atoms with Gasteiger partial charge in [-0.2, -0.15) is 5.10 Å². The summed E-state index contributed by atoms with van der Waals surface area (Å²) in [6, 6.07) is 12.7. The molecule has 0 atom stereocenters. The predicted molar refractivity (Wildman–Crippen MR) is 112 cm³/mol. The summed E-state index contributed by atoms with van der Waals surface area (Å²) in [6.45, 7) is 1.76. The Balaban J connectivity index is 1.93. The molecule has 0 aliphatic carbocycles. The van der Waals surface area contributed by atoms with Crippen molar-refractivity contribution < 1.29 is 17.5 Å². The zero-order chi connectivity index (χ0) is 21.5. The van der Waals surface area contributed by atoms with E-state index in [1.165, 1.54) is 19.4 Å². The van der Waals surface area contributed by atoms with Crippen LogP contribution in [0.3, 0.4) is 0 Å². The Bertz CT molecular complexity index is 1340. The molecule has 30 heavy (non-hydrogen) atoms. The van der Waals surface area contributed by atoms with Crippen molar-refractivity contribution in [1.82, 2.24) is 13.8 Å². The molecule has 8 heteroatoms. The van der Waals surface area contributed by atoms with Crippen LogP contribution < -0.4 is 4.74 Å². The van der Waals surface area contributed by atoms with Gasteiger partial charge in [0.2, 0.25) is 0 Å².